The second kappa shape index (κ2) is 44.8. The highest BCUT2D eigenvalue weighted by atomic mass is 31.2. The number of rotatable bonds is 45. The van der Waals surface area contributed by atoms with Crippen molar-refractivity contribution in [1.82, 2.24) is 0 Å². The van der Waals surface area contributed by atoms with Crippen molar-refractivity contribution in [1.29, 1.82) is 0 Å². The van der Waals surface area contributed by atoms with E-state index in [2.05, 4.69) is 73.1 Å². The third-order valence-electron chi connectivity index (χ3n) is 10.2. The van der Waals surface area contributed by atoms with E-state index in [1.165, 1.54) is 109 Å². The van der Waals surface area contributed by atoms with Gasteiger partial charge in [0.25, 0.3) is 0 Å². The molecule has 358 valence electrons. The Morgan fingerprint density at radius 1 is 0.500 bits per heavy atom. The Morgan fingerprint density at radius 3 is 1.42 bits per heavy atom. The summed E-state index contributed by atoms with van der Waals surface area (Å²) in [7, 11) is -4.74. The summed E-state index contributed by atoms with van der Waals surface area (Å²) in [4.78, 5) is 46.0. The maximum Gasteiger partial charge on any atom is 0.472 e. The second-order valence-corrected chi connectivity index (χ2v) is 17.7. The molecule has 1 unspecified atom stereocenters. The highest BCUT2D eigenvalue weighted by Gasteiger charge is 2.28. The quantitative estimate of drug-likeness (QED) is 0.0230. The van der Waals surface area contributed by atoms with Crippen molar-refractivity contribution in [2.75, 3.05) is 19.8 Å². The Balaban J connectivity index is 4.37. The molecule has 0 aliphatic carbocycles. The summed E-state index contributed by atoms with van der Waals surface area (Å²) in [6.45, 7) is 2.71. The van der Waals surface area contributed by atoms with Gasteiger partial charge in [0.15, 0.2) is 6.10 Å². The second-order valence-electron chi connectivity index (χ2n) is 16.2. The summed E-state index contributed by atoms with van der Waals surface area (Å²) in [6, 6.07) is -1.53. The molecule has 4 N–H and O–H groups in total. The van der Waals surface area contributed by atoms with Crippen LogP contribution in [0.5, 0.6) is 0 Å². The number of hydrogen-bond acceptors (Lipinski definition) is 9. The number of phosphoric acid groups is 1. The minimum Gasteiger partial charge on any atom is -0.480 e. The Labute approximate surface area is 377 Å². The van der Waals surface area contributed by atoms with Gasteiger partial charge < -0.3 is 25.2 Å². The molecule has 0 fully saturated rings. The molecule has 11 nitrogen and oxygen atoms in total. The number of allylic oxidation sites excluding steroid dienone is 10. The van der Waals surface area contributed by atoms with E-state index in [0.29, 0.717) is 19.3 Å². The topological polar surface area (TPSA) is 172 Å². The lowest BCUT2D eigenvalue weighted by Crippen LogP contribution is -2.34. The van der Waals surface area contributed by atoms with Crippen molar-refractivity contribution in [2.45, 2.75) is 219 Å². The van der Waals surface area contributed by atoms with Crippen molar-refractivity contribution in [3.63, 3.8) is 0 Å². The predicted molar refractivity (Wildman–Crippen MR) is 254 cm³/mol. The first-order chi connectivity index (χ1) is 30.1. The van der Waals surface area contributed by atoms with Crippen LogP contribution in [0.2, 0.25) is 0 Å². The number of carboxylic acid groups (broad SMARTS) is 1. The summed E-state index contributed by atoms with van der Waals surface area (Å²) >= 11 is 0. The van der Waals surface area contributed by atoms with Gasteiger partial charge in [0.05, 0.1) is 13.2 Å². The lowest BCUT2D eigenvalue weighted by atomic mass is 10.0. The number of ether oxygens (including phenoxy) is 2. The number of nitrogens with two attached hydrogens (primary N) is 1. The fourth-order valence-corrected chi connectivity index (χ4v) is 7.16. The Hall–Kier alpha value is -2.82. The largest absolute Gasteiger partial charge is 0.480 e. The molecule has 0 aromatic carbocycles. The van der Waals surface area contributed by atoms with Crippen LogP contribution in [-0.2, 0) is 37.5 Å². The van der Waals surface area contributed by atoms with Crippen molar-refractivity contribution in [3.05, 3.63) is 60.8 Å². The molecule has 0 aliphatic rings. The van der Waals surface area contributed by atoms with Gasteiger partial charge >= 0.3 is 25.7 Å². The summed E-state index contributed by atoms with van der Waals surface area (Å²) in [5.41, 5.74) is 5.34. The van der Waals surface area contributed by atoms with Crippen LogP contribution in [0.4, 0.5) is 0 Å². The molecular weight excluding hydrogens is 806 g/mol. The molecule has 0 heterocycles. The number of carbonyl (C=O) groups excluding carboxylic acids is 2. The molecule has 0 saturated carbocycles. The van der Waals surface area contributed by atoms with E-state index in [1.54, 1.807) is 0 Å². The number of carbonyl (C=O) groups is 3. The van der Waals surface area contributed by atoms with E-state index in [-0.39, 0.29) is 19.4 Å². The standard InChI is InChI=1S/C50H88NO10P/c1-3-5-7-9-11-13-15-17-19-20-21-22-23-24-25-26-28-30-32-34-36-38-40-42-49(53)61-46(44-59-62(56,57)60-45-47(51)50(54)55)43-58-48(52)41-39-37-35-33-31-29-27-18-16-14-12-10-8-6-4-2/h12,14,18,26-28,31,33-34,36,46-47H,3-11,13,15-17,19-25,29-30,32,35,37-45,51H2,1-2H3,(H,54,55)(H,56,57)/b14-12+,27-18+,28-26+,33-31+,36-34+/t46-,47-/m0/s1. The van der Waals surface area contributed by atoms with Crippen LogP contribution in [0.1, 0.15) is 206 Å². The van der Waals surface area contributed by atoms with Gasteiger partial charge in [-0.2, -0.15) is 0 Å². The van der Waals surface area contributed by atoms with Crippen LogP contribution in [0.3, 0.4) is 0 Å². The molecule has 0 bridgehead atoms. The van der Waals surface area contributed by atoms with Gasteiger partial charge in [-0.15, -0.1) is 0 Å². The van der Waals surface area contributed by atoms with Crippen LogP contribution in [0.15, 0.2) is 60.8 Å². The zero-order valence-corrected chi connectivity index (χ0v) is 39.8. The van der Waals surface area contributed by atoms with Crippen molar-refractivity contribution in [2.24, 2.45) is 5.73 Å². The number of phosphoric ester groups is 1. The third-order valence-corrected chi connectivity index (χ3v) is 11.2. The van der Waals surface area contributed by atoms with Gasteiger partial charge in [0.2, 0.25) is 0 Å². The number of carboxylic acids is 1. The number of unbranched alkanes of at least 4 members (excludes halogenated alkanes) is 21. The van der Waals surface area contributed by atoms with E-state index in [9.17, 15) is 23.8 Å². The molecule has 0 rings (SSSR count). The fourth-order valence-electron chi connectivity index (χ4n) is 6.39. The van der Waals surface area contributed by atoms with Crippen molar-refractivity contribution < 1.29 is 47.5 Å². The van der Waals surface area contributed by atoms with E-state index < -0.39 is 51.1 Å². The van der Waals surface area contributed by atoms with Gasteiger partial charge in [-0.1, -0.05) is 171 Å². The first-order valence-electron chi connectivity index (χ1n) is 24.3. The minimum absolute atomic E-state index is 0.0914. The Bertz CT molecular complexity index is 1280. The lowest BCUT2D eigenvalue weighted by molar-refractivity contribution is -0.161. The fraction of sp³-hybridized carbons (Fsp3) is 0.740. The van der Waals surface area contributed by atoms with Crippen molar-refractivity contribution in [3.8, 4) is 0 Å². The molecule has 0 aromatic heterocycles. The van der Waals surface area contributed by atoms with Crippen LogP contribution < -0.4 is 5.73 Å². The molecular formula is C50H88NO10P. The SMILES string of the molecule is CCCCC/C=C/C/C=C/C/C=C/CCCCC(=O)OC[C@@H](COP(=O)(O)OC[C@H](N)C(=O)O)OC(=O)CCC/C=C/CC/C=C/CCCCCCCCCCCCCCCC. The molecule has 0 aliphatic heterocycles. The van der Waals surface area contributed by atoms with E-state index in [4.69, 9.17) is 24.8 Å². The average molecular weight is 894 g/mol. The van der Waals surface area contributed by atoms with E-state index in [1.807, 2.05) is 6.08 Å². The van der Waals surface area contributed by atoms with Crippen LogP contribution >= 0.6 is 7.82 Å². The minimum atomic E-state index is -4.74. The molecule has 0 radical (unpaired) electrons. The maximum atomic E-state index is 12.6. The maximum absolute atomic E-state index is 12.6. The van der Waals surface area contributed by atoms with Crippen LogP contribution in [-0.4, -0.2) is 59.9 Å². The zero-order chi connectivity index (χ0) is 45.6. The van der Waals surface area contributed by atoms with E-state index in [0.717, 1.165) is 51.4 Å². The molecule has 62 heavy (non-hydrogen) atoms. The van der Waals surface area contributed by atoms with Gasteiger partial charge in [0, 0.05) is 12.8 Å². The molecule has 0 aromatic rings. The van der Waals surface area contributed by atoms with Crippen molar-refractivity contribution >= 4 is 25.7 Å². The van der Waals surface area contributed by atoms with Gasteiger partial charge in [-0.3, -0.25) is 23.4 Å². The van der Waals surface area contributed by atoms with Gasteiger partial charge in [-0.25, -0.2) is 4.57 Å². The molecule has 0 saturated heterocycles. The summed E-state index contributed by atoms with van der Waals surface area (Å²) in [5.74, 6) is -2.48. The summed E-state index contributed by atoms with van der Waals surface area (Å²) in [6.07, 6.45) is 53.1. The zero-order valence-electron chi connectivity index (χ0n) is 38.9. The van der Waals surface area contributed by atoms with Gasteiger partial charge in [-0.05, 0) is 83.5 Å². The molecule has 12 heteroatoms. The van der Waals surface area contributed by atoms with Crippen LogP contribution in [0.25, 0.3) is 0 Å². The average Bonchev–Trinajstić information content (AvgIpc) is 3.25. The Kier molecular flexibility index (Phi) is 42.7. The third kappa shape index (κ3) is 43.8. The monoisotopic (exact) mass is 894 g/mol. The van der Waals surface area contributed by atoms with Gasteiger partial charge in [0.1, 0.15) is 12.6 Å². The van der Waals surface area contributed by atoms with E-state index >= 15 is 0 Å². The number of hydrogen-bond donors (Lipinski definition) is 3. The molecule has 0 spiro atoms. The first kappa shape index (κ1) is 59.2. The lowest BCUT2D eigenvalue weighted by Gasteiger charge is -2.20. The predicted octanol–water partition coefficient (Wildman–Crippen LogP) is 13.5. The molecule has 3 atom stereocenters. The smallest absolute Gasteiger partial charge is 0.472 e. The molecule has 0 amide bonds. The number of esters is 2. The first-order valence-corrected chi connectivity index (χ1v) is 25.8. The van der Waals surface area contributed by atoms with Crippen LogP contribution in [0, 0.1) is 0 Å². The highest BCUT2D eigenvalue weighted by Crippen LogP contribution is 2.43. The number of aliphatic carboxylic acids is 1. The highest BCUT2D eigenvalue weighted by molar-refractivity contribution is 7.47. The summed E-state index contributed by atoms with van der Waals surface area (Å²) < 4.78 is 32.7. The summed E-state index contributed by atoms with van der Waals surface area (Å²) in [5, 5.41) is 8.90. The Morgan fingerprint density at radius 2 is 0.887 bits per heavy atom. The normalized spacial score (nSPS) is 14.1.